The molecule has 0 spiro atoms. The number of thioether (sulfide) groups is 1. The van der Waals surface area contributed by atoms with Gasteiger partial charge < -0.3 is 5.32 Å². The number of allylic oxidation sites excluding steroid dienone is 3. The number of Topliss-reactive ketones (excluding diaryl/α,β-unsaturated/α-hetero) is 1. The maximum Gasteiger partial charge on any atom is 0.175 e. The van der Waals surface area contributed by atoms with E-state index in [2.05, 4.69) is 11.2 Å². The molecular weight excluding hydrogens is 146 g/mol. The lowest BCUT2D eigenvalue weighted by Crippen LogP contribution is -2.07. The zero-order valence-corrected chi connectivity index (χ0v) is 5.99. The van der Waals surface area contributed by atoms with Crippen molar-refractivity contribution in [2.75, 3.05) is 0 Å². The minimum Gasteiger partial charge on any atom is -0.364 e. The van der Waals surface area contributed by atoms with Crippen molar-refractivity contribution in [3.63, 3.8) is 0 Å². The van der Waals surface area contributed by atoms with Crippen LogP contribution in [0.25, 0.3) is 0 Å². The van der Waals surface area contributed by atoms with Gasteiger partial charge in [0.25, 0.3) is 0 Å². The van der Waals surface area contributed by atoms with Crippen LogP contribution in [0.3, 0.4) is 0 Å². The molecule has 10 heavy (non-hydrogen) atoms. The number of rotatable bonds is 0. The lowest BCUT2D eigenvalue weighted by Gasteiger charge is -2.03. The van der Waals surface area contributed by atoms with Gasteiger partial charge in [-0.1, -0.05) is 17.8 Å². The zero-order valence-electron chi connectivity index (χ0n) is 5.18. The van der Waals surface area contributed by atoms with Crippen LogP contribution in [0, 0.1) is 5.88 Å². The molecule has 3 heteroatoms. The molecule has 1 aliphatic heterocycles. The molecule has 50 valence electrons. The number of nitrogens with one attached hydrogen (secondary N) is 1. The molecule has 1 heterocycles. The Morgan fingerprint density at radius 3 is 3.40 bits per heavy atom. The summed E-state index contributed by atoms with van der Waals surface area (Å²) in [4.78, 5) is 11.9. The summed E-state index contributed by atoms with van der Waals surface area (Å²) in [5, 5.41) is 2.87. The molecule has 0 saturated carbocycles. The predicted molar refractivity (Wildman–Crippen MR) is 39.8 cm³/mol. The second-order valence-electron chi connectivity index (χ2n) is 2.10. The molecule has 0 aromatic heterocycles. The summed E-state index contributed by atoms with van der Waals surface area (Å²) in [5.41, 5.74) is 0.904. The molecule has 0 saturated heterocycles. The van der Waals surface area contributed by atoms with E-state index in [4.69, 9.17) is 0 Å². The number of carbonyl (C=O) groups is 1. The number of hydrogen-bond donors (Lipinski definition) is 1. The fourth-order valence-electron chi connectivity index (χ4n) is 0.944. The molecule has 1 aliphatic carbocycles. The van der Waals surface area contributed by atoms with Gasteiger partial charge in [0.2, 0.25) is 0 Å². The van der Waals surface area contributed by atoms with E-state index in [9.17, 15) is 4.79 Å². The maximum absolute atomic E-state index is 11.1. The molecule has 1 N–H and O–H groups in total. The Morgan fingerprint density at radius 2 is 2.60 bits per heavy atom. The second kappa shape index (κ2) is 2.16. The summed E-state index contributed by atoms with van der Waals surface area (Å²) >= 11 is 1.35. The van der Waals surface area contributed by atoms with Gasteiger partial charge in [0.15, 0.2) is 11.7 Å². The van der Waals surface area contributed by atoms with E-state index in [0.29, 0.717) is 6.42 Å². The number of hydrogen-bond acceptors (Lipinski definition) is 3. The van der Waals surface area contributed by atoms with E-state index in [-0.39, 0.29) is 5.78 Å². The van der Waals surface area contributed by atoms with Crippen LogP contribution >= 0.6 is 11.8 Å². The zero-order chi connectivity index (χ0) is 6.97. The highest BCUT2D eigenvalue weighted by molar-refractivity contribution is 8.06. The van der Waals surface area contributed by atoms with Crippen LogP contribution in [0.15, 0.2) is 22.8 Å². The molecule has 2 rings (SSSR count). The Hall–Kier alpha value is -0.700. The Bertz CT molecular complexity index is 242. The molecule has 0 fully saturated rings. The van der Waals surface area contributed by atoms with Gasteiger partial charge in [-0.05, 0) is 6.08 Å². The van der Waals surface area contributed by atoms with Crippen molar-refractivity contribution < 1.29 is 4.79 Å². The lowest BCUT2D eigenvalue weighted by atomic mass is 10.1. The van der Waals surface area contributed by atoms with Crippen LogP contribution in [-0.2, 0) is 4.79 Å². The monoisotopic (exact) mass is 151 g/mol. The van der Waals surface area contributed by atoms with Crippen LogP contribution in [0.4, 0.5) is 0 Å². The van der Waals surface area contributed by atoms with Crippen LogP contribution < -0.4 is 5.32 Å². The van der Waals surface area contributed by atoms with Crippen molar-refractivity contribution in [3.8, 4) is 0 Å². The molecule has 2 radical (unpaired) electrons. The Morgan fingerprint density at radius 1 is 1.70 bits per heavy atom. The third kappa shape index (κ3) is 0.778. The summed E-state index contributed by atoms with van der Waals surface area (Å²) < 4.78 is 0. The third-order valence-corrected chi connectivity index (χ3v) is 2.28. The molecule has 0 atom stereocenters. The summed E-state index contributed by atoms with van der Waals surface area (Å²) in [7, 11) is 0. The van der Waals surface area contributed by atoms with Crippen molar-refractivity contribution in [1.82, 2.24) is 5.32 Å². The van der Waals surface area contributed by atoms with Gasteiger partial charge in [-0.25, -0.2) is 0 Å². The predicted octanol–water partition coefficient (Wildman–Crippen LogP) is 1.06. The van der Waals surface area contributed by atoms with E-state index in [1.165, 1.54) is 11.8 Å². The minimum atomic E-state index is 0.194. The highest BCUT2D eigenvalue weighted by Gasteiger charge is 2.22. The van der Waals surface area contributed by atoms with Gasteiger partial charge in [-0.2, -0.15) is 0 Å². The molecule has 0 unspecified atom stereocenters. The Labute approximate surface area is 63.4 Å². The SMILES string of the molecule is O=C1CC=CC2=C1S[C]N2. The van der Waals surface area contributed by atoms with Crippen molar-refractivity contribution >= 4 is 17.5 Å². The van der Waals surface area contributed by atoms with Crippen molar-refractivity contribution in [1.29, 1.82) is 0 Å². The second-order valence-corrected chi connectivity index (χ2v) is 2.92. The highest BCUT2D eigenvalue weighted by Crippen LogP contribution is 2.31. The molecule has 0 aromatic carbocycles. The molecular formula is C7H5NOS. The first-order valence-corrected chi connectivity index (χ1v) is 3.81. The molecule has 2 aliphatic rings. The van der Waals surface area contributed by atoms with Crippen molar-refractivity contribution in [2.45, 2.75) is 6.42 Å². The van der Waals surface area contributed by atoms with Gasteiger partial charge in [-0.15, -0.1) is 0 Å². The van der Waals surface area contributed by atoms with E-state index in [0.717, 1.165) is 10.6 Å². The van der Waals surface area contributed by atoms with Crippen molar-refractivity contribution in [3.05, 3.63) is 28.6 Å². The standard InChI is InChI=1S/C7H5NOS/c9-6-3-1-2-5-7(6)10-4-8-5/h1-2,8H,3H2. The fourth-order valence-corrected chi connectivity index (χ4v) is 1.63. The average Bonchev–Trinajstić information content (AvgIpc) is 2.36. The van der Waals surface area contributed by atoms with Crippen LogP contribution in [0.1, 0.15) is 6.42 Å². The van der Waals surface area contributed by atoms with E-state index < -0.39 is 0 Å². The van der Waals surface area contributed by atoms with Crippen LogP contribution in [0.5, 0.6) is 0 Å². The summed E-state index contributed by atoms with van der Waals surface area (Å²) in [6.07, 6.45) is 4.32. The summed E-state index contributed by atoms with van der Waals surface area (Å²) in [6, 6.07) is 0. The van der Waals surface area contributed by atoms with Crippen LogP contribution in [0.2, 0.25) is 0 Å². The highest BCUT2D eigenvalue weighted by atomic mass is 32.2. The fraction of sp³-hybridized carbons (Fsp3) is 0.143. The Balaban J connectivity index is 2.39. The van der Waals surface area contributed by atoms with E-state index >= 15 is 0 Å². The average molecular weight is 151 g/mol. The first-order chi connectivity index (χ1) is 4.88. The summed E-state index contributed by atoms with van der Waals surface area (Å²) in [6.45, 7) is 0. The van der Waals surface area contributed by atoms with E-state index in [1.54, 1.807) is 0 Å². The Kier molecular flexibility index (Phi) is 1.31. The maximum atomic E-state index is 11.1. The molecule has 0 bridgehead atoms. The number of ketones is 1. The smallest absolute Gasteiger partial charge is 0.175 e. The summed E-state index contributed by atoms with van der Waals surface area (Å²) in [5.74, 6) is 3.01. The lowest BCUT2D eigenvalue weighted by molar-refractivity contribution is -0.114. The van der Waals surface area contributed by atoms with Gasteiger partial charge in [0.05, 0.1) is 10.6 Å². The number of carbonyl (C=O) groups excluding carboxylic acids is 1. The van der Waals surface area contributed by atoms with Crippen molar-refractivity contribution in [2.24, 2.45) is 0 Å². The molecule has 0 amide bonds. The first kappa shape index (κ1) is 6.04. The van der Waals surface area contributed by atoms with E-state index in [1.807, 2.05) is 12.2 Å². The third-order valence-electron chi connectivity index (χ3n) is 1.42. The van der Waals surface area contributed by atoms with Gasteiger partial charge >= 0.3 is 0 Å². The minimum absolute atomic E-state index is 0.194. The largest absolute Gasteiger partial charge is 0.364 e. The van der Waals surface area contributed by atoms with Gasteiger partial charge in [0.1, 0.15) is 0 Å². The first-order valence-electron chi connectivity index (χ1n) is 3.00. The van der Waals surface area contributed by atoms with Gasteiger partial charge in [0, 0.05) is 6.42 Å². The quantitative estimate of drug-likeness (QED) is 0.561. The van der Waals surface area contributed by atoms with Crippen LogP contribution in [-0.4, -0.2) is 5.78 Å². The normalized spacial score (nSPS) is 23.0. The molecule has 2 nitrogen and oxygen atoms in total. The van der Waals surface area contributed by atoms with Gasteiger partial charge in [-0.3, -0.25) is 4.79 Å². The topological polar surface area (TPSA) is 29.1 Å². The molecule has 0 aromatic rings.